The van der Waals surface area contributed by atoms with Crippen molar-refractivity contribution in [3.05, 3.63) is 56.7 Å². The van der Waals surface area contributed by atoms with Gasteiger partial charge in [-0.25, -0.2) is 4.79 Å². The highest BCUT2D eigenvalue weighted by atomic mass is 35.5. The lowest BCUT2D eigenvalue weighted by Crippen LogP contribution is -2.31. The van der Waals surface area contributed by atoms with E-state index >= 15 is 0 Å². The van der Waals surface area contributed by atoms with Crippen molar-refractivity contribution in [2.75, 3.05) is 6.61 Å². The predicted molar refractivity (Wildman–Crippen MR) is 126 cm³/mol. The molecule has 1 N–H and O–H groups in total. The number of nitrogens with one attached hydrogen (secondary N) is 1. The third-order valence-electron chi connectivity index (χ3n) is 6.41. The van der Waals surface area contributed by atoms with Crippen LogP contribution in [0.2, 0.25) is 5.02 Å². The molecule has 4 nitrogen and oxygen atoms in total. The van der Waals surface area contributed by atoms with E-state index in [9.17, 15) is 9.59 Å². The second kappa shape index (κ2) is 9.17. The molecule has 164 valence electrons. The summed E-state index contributed by atoms with van der Waals surface area (Å²) in [7, 11) is 0. The highest BCUT2D eigenvalue weighted by Gasteiger charge is 2.37. The van der Waals surface area contributed by atoms with Crippen LogP contribution in [0.5, 0.6) is 0 Å². The van der Waals surface area contributed by atoms with Gasteiger partial charge in [0.15, 0.2) is 5.78 Å². The van der Waals surface area contributed by atoms with E-state index in [1.54, 1.807) is 18.3 Å². The van der Waals surface area contributed by atoms with Crippen molar-refractivity contribution in [1.29, 1.82) is 0 Å². The van der Waals surface area contributed by atoms with Gasteiger partial charge < -0.3 is 10.1 Å². The summed E-state index contributed by atoms with van der Waals surface area (Å²) in [5.74, 6) is -0.432. The normalized spacial score (nSPS) is 20.2. The molecule has 0 spiro atoms. The molecule has 2 aromatic rings. The summed E-state index contributed by atoms with van der Waals surface area (Å²) in [5.41, 5.74) is 3.57. The van der Waals surface area contributed by atoms with E-state index in [1.807, 2.05) is 37.4 Å². The van der Waals surface area contributed by atoms with Gasteiger partial charge in [0, 0.05) is 32.6 Å². The summed E-state index contributed by atoms with van der Waals surface area (Å²) in [4.78, 5) is 26.1. The molecule has 0 amide bonds. The Hall–Kier alpha value is -2.11. The average molecular weight is 458 g/mol. The fourth-order valence-corrected chi connectivity index (χ4v) is 6.05. The van der Waals surface area contributed by atoms with Crippen LogP contribution in [0.25, 0.3) is 10.1 Å². The molecule has 6 heteroatoms. The van der Waals surface area contributed by atoms with Gasteiger partial charge in [0.05, 0.1) is 12.2 Å². The van der Waals surface area contributed by atoms with E-state index in [1.165, 1.54) is 19.3 Å². The number of rotatable bonds is 5. The summed E-state index contributed by atoms with van der Waals surface area (Å²) in [6, 6.07) is 5.76. The first-order valence-corrected chi connectivity index (χ1v) is 12.2. The average Bonchev–Trinajstić information content (AvgIpc) is 3.14. The lowest BCUT2D eigenvalue weighted by molar-refractivity contribution is -0.141. The largest absolute Gasteiger partial charge is 0.462 e. The lowest BCUT2D eigenvalue weighted by Gasteiger charge is -2.31. The van der Waals surface area contributed by atoms with Crippen molar-refractivity contribution in [1.82, 2.24) is 5.32 Å². The molecule has 1 aromatic carbocycles. The van der Waals surface area contributed by atoms with Crippen LogP contribution in [0.4, 0.5) is 0 Å². The van der Waals surface area contributed by atoms with Gasteiger partial charge in [-0.2, -0.15) is 0 Å². The van der Waals surface area contributed by atoms with Gasteiger partial charge in [-0.3, -0.25) is 4.79 Å². The molecule has 0 radical (unpaired) electrons. The number of halogens is 1. The Morgan fingerprint density at radius 3 is 2.55 bits per heavy atom. The van der Waals surface area contributed by atoms with Crippen LogP contribution in [0.15, 0.2) is 46.1 Å². The quantitative estimate of drug-likeness (QED) is 0.520. The number of ketones is 1. The van der Waals surface area contributed by atoms with Crippen LogP contribution in [0, 0.1) is 5.92 Å². The van der Waals surface area contributed by atoms with Gasteiger partial charge in [0.25, 0.3) is 0 Å². The predicted octanol–water partition coefficient (Wildman–Crippen LogP) is 6.50. The fraction of sp³-hybridized carbons (Fsp3) is 0.440. The van der Waals surface area contributed by atoms with Crippen molar-refractivity contribution >= 4 is 44.8 Å². The number of benzene rings is 1. The summed E-state index contributed by atoms with van der Waals surface area (Å²) in [6.07, 6.45) is 5.88. The Kier molecular flexibility index (Phi) is 6.54. The van der Waals surface area contributed by atoms with Gasteiger partial charge in [-0.15, -0.1) is 11.3 Å². The van der Waals surface area contributed by atoms with Crippen molar-refractivity contribution in [3.63, 3.8) is 0 Å². The SMILES string of the molecule is CC(=O)C1=C(C)NC(C)=C(C(=O)OCC2CCCCC2)C1c1csc2ccc(Cl)cc12. The van der Waals surface area contributed by atoms with E-state index in [0.717, 1.165) is 39.9 Å². The fourth-order valence-electron chi connectivity index (χ4n) is 4.91. The topological polar surface area (TPSA) is 55.4 Å². The molecule has 1 aliphatic heterocycles. The monoisotopic (exact) mass is 457 g/mol. The number of esters is 1. The van der Waals surface area contributed by atoms with E-state index in [2.05, 4.69) is 5.32 Å². The molecule has 4 rings (SSSR count). The van der Waals surface area contributed by atoms with E-state index in [-0.39, 0.29) is 11.8 Å². The number of fused-ring (bicyclic) bond motifs is 1. The number of ether oxygens (including phenoxy) is 1. The van der Waals surface area contributed by atoms with Crippen LogP contribution >= 0.6 is 22.9 Å². The highest BCUT2D eigenvalue weighted by molar-refractivity contribution is 7.17. The van der Waals surface area contributed by atoms with Gasteiger partial charge in [-0.05, 0) is 74.1 Å². The summed E-state index contributed by atoms with van der Waals surface area (Å²) in [5, 5.41) is 6.89. The number of dihydropyridines is 1. The molecule has 31 heavy (non-hydrogen) atoms. The van der Waals surface area contributed by atoms with Crippen molar-refractivity contribution in [3.8, 4) is 0 Å². The number of hydrogen-bond acceptors (Lipinski definition) is 5. The van der Waals surface area contributed by atoms with Gasteiger partial charge in [0.2, 0.25) is 0 Å². The Morgan fingerprint density at radius 1 is 1.13 bits per heavy atom. The number of Topliss-reactive ketones (excluding diaryl/α,β-unsaturated/α-hetero) is 1. The minimum atomic E-state index is -0.468. The van der Waals surface area contributed by atoms with Crippen molar-refractivity contribution in [2.45, 2.75) is 58.8 Å². The number of hydrogen-bond donors (Lipinski definition) is 1. The first-order valence-electron chi connectivity index (χ1n) is 10.9. The van der Waals surface area contributed by atoms with Crippen molar-refractivity contribution < 1.29 is 14.3 Å². The summed E-state index contributed by atoms with van der Waals surface area (Å²) < 4.78 is 6.90. The molecule has 2 heterocycles. The number of thiophene rings is 1. The molecule has 0 bridgehead atoms. The van der Waals surface area contributed by atoms with Crippen molar-refractivity contribution in [2.24, 2.45) is 5.92 Å². The van der Waals surface area contributed by atoms with Gasteiger partial charge in [0.1, 0.15) is 0 Å². The van der Waals surface area contributed by atoms with E-state index in [4.69, 9.17) is 16.3 Å². The van der Waals surface area contributed by atoms with Crippen LogP contribution in [0.1, 0.15) is 64.4 Å². The molecule has 2 aliphatic rings. The van der Waals surface area contributed by atoms with Gasteiger partial charge >= 0.3 is 5.97 Å². The third-order valence-corrected chi connectivity index (χ3v) is 7.63. The van der Waals surface area contributed by atoms with Gasteiger partial charge in [-0.1, -0.05) is 30.9 Å². The second-order valence-corrected chi connectivity index (χ2v) is 9.97. The Bertz CT molecular complexity index is 1090. The molecule has 1 aliphatic carbocycles. The number of allylic oxidation sites excluding steroid dienone is 3. The summed E-state index contributed by atoms with van der Waals surface area (Å²) in [6.45, 7) is 5.77. The minimum absolute atomic E-state index is 0.0542. The lowest BCUT2D eigenvalue weighted by atomic mass is 9.79. The molecule has 1 atom stereocenters. The third kappa shape index (κ3) is 4.44. The summed E-state index contributed by atoms with van der Waals surface area (Å²) >= 11 is 7.88. The Labute approximate surface area is 192 Å². The molecular formula is C25H28ClNO3S. The first-order chi connectivity index (χ1) is 14.9. The van der Waals surface area contributed by atoms with Crippen LogP contribution in [-0.2, 0) is 14.3 Å². The molecule has 1 unspecified atom stereocenters. The maximum atomic E-state index is 13.4. The zero-order valence-corrected chi connectivity index (χ0v) is 19.8. The Morgan fingerprint density at radius 2 is 1.84 bits per heavy atom. The van der Waals surface area contributed by atoms with Crippen LogP contribution in [0.3, 0.4) is 0 Å². The van der Waals surface area contributed by atoms with Crippen LogP contribution < -0.4 is 5.32 Å². The van der Waals surface area contributed by atoms with E-state index in [0.29, 0.717) is 28.7 Å². The number of carbonyl (C=O) groups excluding carboxylic acids is 2. The first kappa shape index (κ1) is 22.1. The number of carbonyl (C=O) groups is 2. The molecular weight excluding hydrogens is 430 g/mol. The van der Waals surface area contributed by atoms with Crippen LogP contribution in [-0.4, -0.2) is 18.4 Å². The molecule has 0 saturated heterocycles. The standard InChI is InChI=1S/C25H28ClNO3S/c1-14-22(16(3)28)24(20-13-31-21-10-9-18(26)11-19(20)21)23(15(2)27-14)25(29)30-12-17-7-5-4-6-8-17/h9-11,13,17,24,27H,4-8,12H2,1-3H3. The second-order valence-electron chi connectivity index (χ2n) is 8.63. The maximum absolute atomic E-state index is 13.4. The smallest absolute Gasteiger partial charge is 0.336 e. The van der Waals surface area contributed by atoms with E-state index < -0.39 is 5.92 Å². The highest BCUT2D eigenvalue weighted by Crippen LogP contribution is 2.44. The minimum Gasteiger partial charge on any atom is -0.462 e. The zero-order chi connectivity index (χ0) is 22.1. The maximum Gasteiger partial charge on any atom is 0.336 e. The molecule has 1 saturated carbocycles. The molecule has 1 fully saturated rings. The zero-order valence-electron chi connectivity index (χ0n) is 18.2. The molecule has 1 aromatic heterocycles. The Balaban J connectivity index is 1.74.